The number of nitrogens with zero attached hydrogens (tertiary/aromatic N) is 3. The second-order valence-electron chi connectivity index (χ2n) is 8.18. The third-order valence-electron chi connectivity index (χ3n) is 6.32. The van der Waals surface area contributed by atoms with Crippen LogP contribution in [0.2, 0.25) is 0 Å². The van der Waals surface area contributed by atoms with Gasteiger partial charge in [-0.3, -0.25) is 4.90 Å². The molecule has 166 valence electrons. The van der Waals surface area contributed by atoms with Gasteiger partial charge in [-0.2, -0.15) is 0 Å². The highest BCUT2D eigenvalue weighted by Gasteiger charge is 2.26. The van der Waals surface area contributed by atoms with Gasteiger partial charge in [-0.05, 0) is 55.8 Å². The molecule has 0 unspecified atom stereocenters. The molecule has 2 amide bonds. The van der Waals surface area contributed by atoms with Gasteiger partial charge in [0, 0.05) is 32.7 Å². The van der Waals surface area contributed by atoms with Gasteiger partial charge < -0.3 is 25.0 Å². The molecule has 0 radical (unpaired) electrons. The van der Waals surface area contributed by atoms with E-state index in [0.717, 1.165) is 24.5 Å². The molecule has 2 aromatic carbocycles. The Bertz CT molecular complexity index is 859. The molecule has 0 aliphatic carbocycles. The molecule has 2 heterocycles. The Balaban J connectivity index is 1.34. The van der Waals surface area contributed by atoms with Gasteiger partial charge in [0.25, 0.3) is 0 Å². The molecular formula is C24H32N4O3. The highest BCUT2D eigenvalue weighted by molar-refractivity contribution is 5.74. The minimum atomic E-state index is -0.0188. The summed E-state index contributed by atoms with van der Waals surface area (Å²) in [6, 6.07) is 15.7. The van der Waals surface area contributed by atoms with Gasteiger partial charge in [-0.25, -0.2) is 4.79 Å². The minimum absolute atomic E-state index is 0.0188. The molecule has 7 heteroatoms. The lowest BCUT2D eigenvalue weighted by Crippen LogP contribution is -2.52. The molecule has 2 aliphatic rings. The van der Waals surface area contributed by atoms with E-state index in [-0.39, 0.29) is 17.8 Å². The maximum atomic E-state index is 12.9. The van der Waals surface area contributed by atoms with Crippen molar-refractivity contribution in [1.82, 2.24) is 15.1 Å². The van der Waals surface area contributed by atoms with Gasteiger partial charge >= 0.3 is 6.03 Å². The summed E-state index contributed by atoms with van der Waals surface area (Å²) in [5.41, 5.74) is 2.03. The molecule has 0 saturated carbocycles. The second-order valence-corrected chi connectivity index (χ2v) is 8.18. The summed E-state index contributed by atoms with van der Waals surface area (Å²) in [6.45, 7) is 5.40. The maximum absolute atomic E-state index is 12.9. The molecule has 2 aromatic rings. The zero-order chi connectivity index (χ0) is 21.6. The monoisotopic (exact) mass is 424 g/mol. The molecule has 0 bridgehead atoms. The number of hydrogen-bond acceptors (Lipinski definition) is 5. The molecule has 0 aromatic heterocycles. The highest BCUT2D eigenvalue weighted by Crippen LogP contribution is 2.28. The van der Waals surface area contributed by atoms with Crippen LogP contribution in [0.4, 0.5) is 10.5 Å². The van der Waals surface area contributed by atoms with Crippen molar-refractivity contribution in [2.45, 2.75) is 18.9 Å². The number of phenols is 1. The van der Waals surface area contributed by atoms with Crippen LogP contribution in [-0.2, 0) is 0 Å². The lowest BCUT2D eigenvalue weighted by atomic mass is 10.1. The van der Waals surface area contributed by atoms with E-state index >= 15 is 0 Å². The number of phenolic OH excluding ortho intramolecular Hbond substituents is 1. The zero-order valence-electron chi connectivity index (χ0n) is 18.2. The quantitative estimate of drug-likeness (QED) is 0.746. The topological polar surface area (TPSA) is 68.3 Å². The predicted octanol–water partition coefficient (Wildman–Crippen LogP) is 3.07. The predicted molar refractivity (Wildman–Crippen MR) is 122 cm³/mol. The summed E-state index contributed by atoms with van der Waals surface area (Å²) in [7, 11) is 1.67. The summed E-state index contributed by atoms with van der Waals surface area (Å²) >= 11 is 0. The van der Waals surface area contributed by atoms with E-state index in [9.17, 15) is 9.90 Å². The summed E-state index contributed by atoms with van der Waals surface area (Å²) in [5.74, 6) is 1.13. The number of amides is 2. The van der Waals surface area contributed by atoms with Crippen LogP contribution in [0.25, 0.3) is 0 Å². The van der Waals surface area contributed by atoms with E-state index in [4.69, 9.17) is 4.74 Å². The van der Waals surface area contributed by atoms with Crippen molar-refractivity contribution in [2.75, 3.05) is 57.8 Å². The van der Waals surface area contributed by atoms with Gasteiger partial charge in [0.1, 0.15) is 11.5 Å². The summed E-state index contributed by atoms with van der Waals surface area (Å²) in [4.78, 5) is 19.3. The molecule has 4 rings (SSSR count). The minimum Gasteiger partial charge on any atom is -0.506 e. The summed E-state index contributed by atoms with van der Waals surface area (Å²) in [5, 5.41) is 13.2. The van der Waals surface area contributed by atoms with E-state index in [2.05, 4.69) is 27.2 Å². The number of hydrogen-bond donors (Lipinski definition) is 2. The van der Waals surface area contributed by atoms with Crippen molar-refractivity contribution in [3.63, 3.8) is 0 Å². The standard InChI is InChI=1S/C24H32N4O3/c1-31-20-10-8-19(9-11-20)22(26-12-4-5-13-26)18-25-24(30)28-16-14-27(15-17-28)21-6-2-3-7-23(21)29/h2-3,6-11,22,29H,4-5,12-18H2,1H3,(H,25,30)/t22-/m1/s1. The van der Waals surface area contributed by atoms with Crippen molar-refractivity contribution in [2.24, 2.45) is 0 Å². The van der Waals surface area contributed by atoms with E-state index in [0.29, 0.717) is 32.7 Å². The first-order chi connectivity index (χ1) is 15.2. The van der Waals surface area contributed by atoms with E-state index < -0.39 is 0 Å². The number of nitrogens with one attached hydrogen (secondary N) is 1. The molecule has 7 nitrogen and oxygen atoms in total. The lowest BCUT2D eigenvalue weighted by Gasteiger charge is -2.37. The van der Waals surface area contributed by atoms with Crippen LogP contribution in [0.1, 0.15) is 24.4 Å². The van der Waals surface area contributed by atoms with Crippen LogP contribution < -0.4 is 15.0 Å². The largest absolute Gasteiger partial charge is 0.506 e. The van der Waals surface area contributed by atoms with Crippen LogP contribution in [0.15, 0.2) is 48.5 Å². The van der Waals surface area contributed by atoms with Crippen molar-refractivity contribution in [1.29, 1.82) is 0 Å². The number of rotatable bonds is 6. The molecule has 1 atom stereocenters. The van der Waals surface area contributed by atoms with Crippen molar-refractivity contribution < 1.29 is 14.6 Å². The van der Waals surface area contributed by atoms with E-state index in [1.54, 1.807) is 13.2 Å². The van der Waals surface area contributed by atoms with Crippen LogP contribution in [-0.4, -0.2) is 73.9 Å². The number of methoxy groups -OCH3 is 1. The van der Waals surface area contributed by atoms with Crippen LogP contribution >= 0.6 is 0 Å². The lowest BCUT2D eigenvalue weighted by molar-refractivity contribution is 0.185. The Morgan fingerprint density at radius 1 is 1.00 bits per heavy atom. The third-order valence-corrected chi connectivity index (χ3v) is 6.32. The first-order valence-corrected chi connectivity index (χ1v) is 11.1. The average molecular weight is 425 g/mol. The molecule has 31 heavy (non-hydrogen) atoms. The Kier molecular flexibility index (Phi) is 6.82. The fourth-order valence-electron chi connectivity index (χ4n) is 4.51. The number of carbonyl (C=O) groups is 1. The molecular weight excluding hydrogens is 392 g/mol. The number of piperazine rings is 1. The van der Waals surface area contributed by atoms with Crippen LogP contribution in [0.3, 0.4) is 0 Å². The zero-order valence-corrected chi connectivity index (χ0v) is 18.2. The van der Waals surface area contributed by atoms with Crippen LogP contribution in [0, 0.1) is 0 Å². The fourth-order valence-corrected chi connectivity index (χ4v) is 4.51. The number of para-hydroxylation sites is 2. The van der Waals surface area contributed by atoms with Crippen molar-refractivity contribution in [3.05, 3.63) is 54.1 Å². The third kappa shape index (κ3) is 5.05. The van der Waals surface area contributed by atoms with Crippen molar-refractivity contribution in [3.8, 4) is 11.5 Å². The van der Waals surface area contributed by atoms with E-state index in [1.807, 2.05) is 35.2 Å². The molecule has 2 saturated heterocycles. The van der Waals surface area contributed by atoms with Gasteiger partial charge in [-0.15, -0.1) is 0 Å². The Morgan fingerprint density at radius 2 is 1.68 bits per heavy atom. The van der Waals surface area contributed by atoms with Gasteiger partial charge in [0.2, 0.25) is 0 Å². The van der Waals surface area contributed by atoms with Crippen LogP contribution in [0.5, 0.6) is 11.5 Å². The van der Waals surface area contributed by atoms with E-state index in [1.165, 1.54) is 18.4 Å². The Morgan fingerprint density at radius 3 is 2.32 bits per heavy atom. The number of ether oxygens (including phenoxy) is 1. The number of carbonyl (C=O) groups excluding carboxylic acids is 1. The summed E-state index contributed by atoms with van der Waals surface area (Å²) < 4.78 is 5.29. The Labute approximate surface area is 184 Å². The molecule has 2 N–H and O–H groups in total. The number of anilines is 1. The summed E-state index contributed by atoms with van der Waals surface area (Å²) in [6.07, 6.45) is 2.41. The smallest absolute Gasteiger partial charge is 0.317 e. The fraction of sp³-hybridized carbons (Fsp3) is 0.458. The maximum Gasteiger partial charge on any atom is 0.317 e. The normalized spacial score (nSPS) is 18.1. The Hall–Kier alpha value is -2.93. The molecule has 2 fully saturated rings. The number of likely N-dealkylation sites (tertiary alicyclic amines) is 1. The van der Waals surface area contributed by atoms with Gasteiger partial charge in [-0.1, -0.05) is 24.3 Å². The SMILES string of the molecule is COc1ccc([C@@H](CNC(=O)N2CCN(c3ccccc3O)CC2)N2CCCC2)cc1. The average Bonchev–Trinajstić information content (AvgIpc) is 3.34. The molecule has 2 aliphatic heterocycles. The number of benzene rings is 2. The van der Waals surface area contributed by atoms with Gasteiger partial charge in [0.15, 0.2) is 0 Å². The second kappa shape index (κ2) is 9.92. The molecule has 0 spiro atoms. The number of aromatic hydroxyl groups is 1. The first-order valence-electron chi connectivity index (χ1n) is 11.1. The highest BCUT2D eigenvalue weighted by atomic mass is 16.5. The first kappa shape index (κ1) is 21.3. The number of urea groups is 1. The van der Waals surface area contributed by atoms with Gasteiger partial charge in [0.05, 0.1) is 18.8 Å². The van der Waals surface area contributed by atoms with Crippen molar-refractivity contribution >= 4 is 11.7 Å².